The van der Waals surface area contributed by atoms with Crippen molar-refractivity contribution < 1.29 is 14.4 Å². The fraction of sp³-hybridized carbons (Fsp3) is 0.333. The number of rotatable bonds is 5. The molecule has 2 unspecified atom stereocenters. The summed E-state index contributed by atoms with van der Waals surface area (Å²) in [5.74, 6) is 1.23. The highest BCUT2D eigenvalue weighted by atomic mass is 16.6. The van der Waals surface area contributed by atoms with Crippen molar-refractivity contribution in [3.05, 3.63) is 69.3 Å². The van der Waals surface area contributed by atoms with Crippen molar-refractivity contribution in [3.8, 4) is 11.5 Å². The maximum Gasteiger partial charge on any atom is 0.257 e. The minimum absolute atomic E-state index is 0.223. The summed E-state index contributed by atoms with van der Waals surface area (Å²) in [4.78, 5) is 11.6. The Bertz CT molecular complexity index is 733. The van der Waals surface area contributed by atoms with Crippen LogP contribution in [0.1, 0.15) is 28.8 Å². The predicted octanol–water partition coefficient (Wildman–Crippen LogP) is 2.91. The lowest BCUT2D eigenvalue weighted by molar-refractivity contribution is -0.535. The molecule has 3 rings (SSSR count). The van der Waals surface area contributed by atoms with E-state index in [-0.39, 0.29) is 4.92 Å². The Balaban J connectivity index is 2.09. The van der Waals surface area contributed by atoms with E-state index in [9.17, 15) is 10.1 Å². The highest BCUT2D eigenvalue weighted by Gasteiger charge is 2.37. The maximum atomic E-state index is 11.8. The Labute approximate surface area is 140 Å². The van der Waals surface area contributed by atoms with Crippen LogP contribution in [0.4, 0.5) is 0 Å². The third kappa shape index (κ3) is 2.92. The van der Waals surface area contributed by atoms with Crippen LogP contribution < -0.4 is 14.8 Å². The van der Waals surface area contributed by atoms with E-state index in [2.05, 4.69) is 5.32 Å². The Morgan fingerprint density at radius 3 is 2.46 bits per heavy atom. The van der Waals surface area contributed by atoms with E-state index < -0.39 is 12.1 Å². The SMILES string of the molecule is COc1cc2c(cc1OC)C(C(c1ccccc1)[N+](=O)[O-])NCC2. The molecule has 0 saturated carbocycles. The number of hydrogen-bond acceptors (Lipinski definition) is 5. The van der Waals surface area contributed by atoms with Crippen LogP contribution in [0.25, 0.3) is 0 Å². The summed E-state index contributed by atoms with van der Waals surface area (Å²) >= 11 is 0. The lowest BCUT2D eigenvalue weighted by atomic mass is 9.87. The van der Waals surface area contributed by atoms with Gasteiger partial charge in [0.1, 0.15) is 6.04 Å². The van der Waals surface area contributed by atoms with E-state index in [4.69, 9.17) is 9.47 Å². The van der Waals surface area contributed by atoms with Crippen molar-refractivity contribution in [3.63, 3.8) is 0 Å². The van der Waals surface area contributed by atoms with Gasteiger partial charge in [0, 0.05) is 17.0 Å². The van der Waals surface area contributed by atoms with E-state index in [0.717, 1.165) is 17.5 Å². The minimum Gasteiger partial charge on any atom is -0.493 e. The molecule has 0 aliphatic carbocycles. The molecule has 0 aromatic heterocycles. The second kappa shape index (κ2) is 6.88. The first-order chi connectivity index (χ1) is 11.7. The van der Waals surface area contributed by atoms with Crippen molar-refractivity contribution >= 4 is 0 Å². The van der Waals surface area contributed by atoms with Gasteiger partial charge in [-0.25, -0.2) is 0 Å². The Morgan fingerprint density at radius 2 is 1.83 bits per heavy atom. The number of nitro groups is 1. The summed E-state index contributed by atoms with van der Waals surface area (Å²) in [7, 11) is 3.16. The monoisotopic (exact) mass is 328 g/mol. The highest BCUT2D eigenvalue weighted by molar-refractivity contribution is 5.50. The summed E-state index contributed by atoms with van der Waals surface area (Å²) in [6, 6.07) is 11.6. The first-order valence-electron chi connectivity index (χ1n) is 7.82. The molecule has 2 atom stereocenters. The Kier molecular flexibility index (Phi) is 4.66. The second-order valence-corrected chi connectivity index (χ2v) is 5.73. The van der Waals surface area contributed by atoms with E-state index >= 15 is 0 Å². The van der Waals surface area contributed by atoms with Crippen LogP contribution in [0.2, 0.25) is 0 Å². The molecular weight excluding hydrogens is 308 g/mol. The van der Waals surface area contributed by atoms with Crippen LogP contribution in [-0.4, -0.2) is 25.7 Å². The number of benzene rings is 2. The van der Waals surface area contributed by atoms with Gasteiger partial charge in [-0.3, -0.25) is 10.1 Å². The van der Waals surface area contributed by atoms with Gasteiger partial charge >= 0.3 is 0 Å². The van der Waals surface area contributed by atoms with E-state index in [1.165, 1.54) is 0 Å². The van der Waals surface area contributed by atoms with Crippen molar-refractivity contribution in [1.82, 2.24) is 5.32 Å². The topological polar surface area (TPSA) is 73.6 Å². The number of ether oxygens (including phenoxy) is 2. The molecule has 0 saturated heterocycles. The molecule has 1 heterocycles. The molecule has 24 heavy (non-hydrogen) atoms. The van der Waals surface area contributed by atoms with Gasteiger partial charge in [0.25, 0.3) is 6.04 Å². The quantitative estimate of drug-likeness (QED) is 0.675. The van der Waals surface area contributed by atoms with E-state index in [1.807, 2.05) is 30.3 Å². The lowest BCUT2D eigenvalue weighted by Crippen LogP contribution is -2.36. The Morgan fingerprint density at radius 1 is 1.17 bits per heavy atom. The number of fused-ring (bicyclic) bond motifs is 1. The van der Waals surface area contributed by atoms with Crippen molar-refractivity contribution in [1.29, 1.82) is 0 Å². The fourth-order valence-corrected chi connectivity index (χ4v) is 3.28. The van der Waals surface area contributed by atoms with Crippen LogP contribution in [-0.2, 0) is 6.42 Å². The molecule has 0 amide bonds. The molecule has 6 heteroatoms. The molecule has 6 nitrogen and oxygen atoms in total. The molecule has 0 bridgehead atoms. The van der Waals surface area contributed by atoms with Gasteiger partial charge in [-0.2, -0.15) is 0 Å². The highest BCUT2D eigenvalue weighted by Crippen LogP contribution is 2.40. The number of nitrogens with zero attached hydrogens (tertiary/aromatic N) is 1. The number of hydrogen-bond donors (Lipinski definition) is 1. The Hall–Kier alpha value is -2.60. The van der Waals surface area contributed by atoms with Crippen molar-refractivity contribution in [2.75, 3.05) is 20.8 Å². The third-order valence-electron chi connectivity index (χ3n) is 4.42. The lowest BCUT2D eigenvalue weighted by Gasteiger charge is -2.30. The largest absolute Gasteiger partial charge is 0.493 e. The molecule has 2 aromatic carbocycles. The first-order valence-corrected chi connectivity index (χ1v) is 7.82. The maximum absolute atomic E-state index is 11.8. The molecule has 1 aliphatic rings. The molecule has 0 fully saturated rings. The molecule has 1 N–H and O–H groups in total. The van der Waals surface area contributed by atoms with Gasteiger partial charge in [0.05, 0.1) is 14.2 Å². The van der Waals surface area contributed by atoms with Crippen LogP contribution in [0.15, 0.2) is 42.5 Å². The normalized spacial score (nSPS) is 17.7. The summed E-state index contributed by atoms with van der Waals surface area (Å²) < 4.78 is 10.7. The van der Waals surface area contributed by atoms with Crippen LogP contribution in [0.3, 0.4) is 0 Å². The molecule has 0 spiro atoms. The minimum atomic E-state index is -0.858. The zero-order chi connectivity index (χ0) is 17.1. The molecule has 1 aliphatic heterocycles. The summed E-state index contributed by atoms with van der Waals surface area (Å²) in [6.45, 7) is 0.685. The van der Waals surface area contributed by atoms with Gasteiger partial charge < -0.3 is 14.8 Å². The molecule has 126 valence electrons. The summed E-state index contributed by atoms with van der Waals surface area (Å²) in [5, 5.41) is 15.1. The van der Waals surface area contributed by atoms with Crippen LogP contribution >= 0.6 is 0 Å². The zero-order valence-corrected chi connectivity index (χ0v) is 13.7. The smallest absolute Gasteiger partial charge is 0.257 e. The number of nitrogens with one attached hydrogen (secondary N) is 1. The average molecular weight is 328 g/mol. The van der Waals surface area contributed by atoms with Gasteiger partial charge in [0.2, 0.25) is 0 Å². The predicted molar refractivity (Wildman–Crippen MR) is 90.2 cm³/mol. The van der Waals surface area contributed by atoms with Gasteiger partial charge in [-0.15, -0.1) is 0 Å². The van der Waals surface area contributed by atoms with Gasteiger partial charge in [0.15, 0.2) is 11.5 Å². The molecular formula is C18H20N2O4. The van der Waals surface area contributed by atoms with Gasteiger partial charge in [-0.1, -0.05) is 30.3 Å². The standard InChI is InChI=1S/C18H20N2O4/c1-23-15-10-13-8-9-19-17(14(13)11-16(15)24-2)18(20(21)22)12-6-4-3-5-7-12/h3-7,10-11,17-19H,8-9H2,1-2H3. The summed E-state index contributed by atoms with van der Waals surface area (Å²) in [6.07, 6.45) is 0.797. The van der Waals surface area contributed by atoms with E-state index in [0.29, 0.717) is 23.6 Å². The zero-order valence-electron chi connectivity index (χ0n) is 13.7. The molecule has 0 radical (unpaired) electrons. The third-order valence-corrected chi connectivity index (χ3v) is 4.42. The first kappa shape index (κ1) is 16.3. The van der Waals surface area contributed by atoms with E-state index in [1.54, 1.807) is 26.4 Å². The van der Waals surface area contributed by atoms with Crippen molar-refractivity contribution in [2.24, 2.45) is 0 Å². The average Bonchev–Trinajstić information content (AvgIpc) is 2.61. The van der Waals surface area contributed by atoms with Crippen LogP contribution in [0, 0.1) is 10.1 Å². The van der Waals surface area contributed by atoms with Crippen molar-refractivity contribution in [2.45, 2.75) is 18.5 Å². The van der Waals surface area contributed by atoms with Gasteiger partial charge in [-0.05, 0) is 29.7 Å². The number of methoxy groups -OCH3 is 2. The summed E-state index contributed by atoms with van der Waals surface area (Å²) in [5.41, 5.74) is 2.63. The fourth-order valence-electron chi connectivity index (χ4n) is 3.28. The van der Waals surface area contributed by atoms with Crippen LogP contribution in [0.5, 0.6) is 11.5 Å². The second-order valence-electron chi connectivity index (χ2n) is 5.73. The molecule has 2 aromatic rings.